The Morgan fingerprint density at radius 2 is 1.02 bits per heavy atom. The van der Waals surface area contributed by atoms with Crippen LogP contribution < -0.4 is 4.90 Å². The lowest BCUT2D eigenvalue weighted by Gasteiger charge is -2.26. The van der Waals surface area contributed by atoms with E-state index in [1.54, 1.807) is 0 Å². The summed E-state index contributed by atoms with van der Waals surface area (Å²) in [6.45, 7) is 4.70. The SMILES string of the molecule is CC1(C)c2cccc3ccc4cc(-c5ccc(C=Cc6ccc7cc(N(c8ccc(C#N)cc8)c8ccc(C#N)cc8)ccc7c6)cc5)cc1c4c23. The molecule has 52 heavy (non-hydrogen) atoms. The molecule has 0 saturated heterocycles. The first-order valence-corrected chi connectivity index (χ1v) is 17.5. The van der Waals surface area contributed by atoms with Crippen molar-refractivity contribution in [1.29, 1.82) is 10.5 Å². The number of fused-ring (bicyclic) bond motifs is 1. The molecule has 0 radical (unpaired) electrons. The van der Waals surface area contributed by atoms with Gasteiger partial charge in [-0.2, -0.15) is 10.5 Å². The van der Waals surface area contributed by atoms with Gasteiger partial charge in [0.05, 0.1) is 23.3 Å². The highest BCUT2D eigenvalue weighted by atomic mass is 15.1. The van der Waals surface area contributed by atoms with Gasteiger partial charge in [0.1, 0.15) is 0 Å². The molecule has 3 nitrogen and oxygen atoms in total. The molecule has 0 spiro atoms. The lowest BCUT2D eigenvalue weighted by molar-refractivity contribution is 0.663. The second kappa shape index (κ2) is 12.1. The summed E-state index contributed by atoms with van der Waals surface area (Å²) in [5.41, 5.74) is 11.6. The third-order valence-electron chi connectivity index (χ3n) is 10.6. The Kier molecular flexibility index (Phi) is 7.25. The van der Waals surface area contributed by atoms with E-state index in [4.69, 9.17) is 0 Å². The molecule has 0 saturated carbocycles. The number of nitriles is 2. The quantitative estimate of drug-likeness (QED) is 0.131. The van der Waals surface area contributed by atoms with Crippen LogP contribution in [0.3, 0.4) is 0 Å². The van der Waals surface area contributed by atoms with Gasteiger partial charge >= 0.3 is 0 Å². The molecule has 9 rings (SSSR count). The van der Waals surface area contributed by atoms with Crippen LogP contribution in [0.5, 0.6) is 0 Å². The van der Waals surface area contributed by atoms with Crippen LogP contribution in [0, 0.1) is 22.7 Å². The molecule has 0 N–H and O–H groups in total. The fourth-order valence-electron chi connectivity index (χ4n) is 7.86. The first kappa shape index (κ1) is 31.1. The van der Waals surface area contributed by atoms with Gasteiger partial charge in [0.25, 0.3) is 0 Å². The van der Waals surface area contributed by atoms with E-state index in [0.29, 0.717) is 11.1 Å². The van der Waals surface area contributed by atoms with Crippen molar-refractivity contribution in [3.63, 3.8) is 0 Å². The molecule has 3 heteroatoms. The molecule has 0 aliphatic heterocycles. The Balaban J connectivity index is 0.982. The van der Waals surface area contributed by atoms with Gasteiger partial charge in [-0.05, 0) is 145 Å². The summed E-state index contributed by atoms with van der Waals surface area (Å²) in [4.78, 5) is 2.14. The van der Waals surface area contributed by atoms with Gasteiger partial charge in [0.2, 0.25) is 0 Å². The second-order valence-corrected chi connectivity index (χ2v) is 14.1. The molecule has 8 aromatic carbocycles. The van der Waals surface area contributed by atoms with Crippen molar-refractivity contribution in [2.45, 2.75) is 19.3 Å². The van der Waals surface area contributed by atoms with Crippen LogP contribution in [0.15, 0.2) is 152 Å². The Morgan fingerprint density at radius 1 is 0.462 bits per heavy atom. The van der Waals surface area contributed by atoms with Crippen LogP contribution >= 0.6 is 0 Å². The Labute approximate surface area is 303 Å². The maximum absolute atomic E-state index is 9.34. The van der Waals surface area contributed by atoms with Crippen LogP contribution in [0.4, 0.5) is 17.1 Å². The molecule has 1 aliphatic rings. The third kappa shape index (κ3) is 5.20. The van der Waals surface area contributed by atoms with Crippen molar-refractivity contribution < 1.29 is 0 Å². The summed E-state index contributed by atoms with van der Waals surface area (Å²) >= 11 is 0. The lowest BCUT2D eigenvalue weighted by atomic mass is 9.81. The van der Waals surface area contributed by atoms with E-state index in [-0.39, 0.29) is 5.41 Å². The van der Waals surface area contributed by atoms with Crippen LogP contribution in [0.25, 0.3) is 55.6 Å². The van der Waals surface area contributed by atoms with Crippen molar-refractivity contribution in [3.05, 3.63) is 185 Å². The van der Waals surface area contributed by atoms with Gasteiger partial charge in [-0.3, -0.25) is 0 Å². The predicted molar refractivity (Wildman–Crippen MR) is 216 cm³/mol. The maximum atomic E-state index is 9.34. The van der Waals surface area contributed by atoms with Crippen LogP contribution in [-0.4, -0.2) is 0 Å². The van der Waals surface area contributed by atoms with Crippen molar-refractivity contribution in [2.24, 2.45) is 0 Å². The highest BCUT2D eigenvalue weighted by Gasteiger charge is 2.34. The van der Waals surface area contributed by atoms with Gasteiger partial charge in [0, 0.05) is 22.5 Å². The normalized spacial score (nSPS) is 12.8. The van der Waals surface area contributed by atoms with E-state index in [2.05, 4.69) is 146 Å². The molecule has 8 aromatic rings. The molecule has 244 valence electrons. The first-order chi connectivity index (χ1) is 25.4. The van der Waals surface area contributed by atoms with Crippen molar-refractivity contribution in [3.8, 4) is 23.3 Å². The Bertz CT molecular complexity index is 2750. The molecule has 0 unspecified atom stereocenters. The number of anilines is 3. The number of benzene rings is 8. The van der Waals surface area contributed by atoms with E-state index in [1.165, 1.54) is 43.8 Å². The van der Waals surface area contributed by atoms with Crippen molar-refractivity contribution in [1.82, 2.24) is 0 Å². The Morgan fingerprint density at radius 3 is 1.71 bits per heavy atom. The summed E-state index contributed by atoms with van der Waals surface area (Å²) in [6, 6.07) is 57.4. The molecular weight excluding hydrogens is 631 g/mol. The smallest absolute Gasteiger partial charge is 0.0991 e. The molecule has 0 atom stereocenters. The summed E-state index contributed by atoms with van der Waals surface area (Å²) in [6.07, 6.45) is 4.34. The van der Waals surface area contributed by atoms with Gasteiger partial charge in [-0.15, -0.1) is 0 Å². The fraction of sp³-hybridized carbons (Fsp3) is 0.0612. The maximum Gasteiger partial charge on any atom is 0.0991 e. The third-order valence-corrected chi connectivity index (χ3v) is 10.6. The molecular formula is C49H33N3. The molecule has 0 aromatic heterocycles. The number of hydrogen-bond acceptors (Lipinski definition) is 3. The molecule has 1 aliphatic carbocycles. The standard InChI is InChI=1S/C49H33N3/c1-49(2)45-5-3-4-37-18-19-40-27-41(29-46(49)48(40)47(37)45)36-15-8-32(9-16-36)6-7-33-10-17-39-28-44(25-20-38(39)26-33)52(42-21-11-34(30-50)12-22-42)43-23-13-35(31-51)14-24-43/h3-29H,1-2H3. The first-order valence-electron chi connectivity index (χ1n) is 17.5. The zero-order chi connectivity index (χ0) is 35.4. The van der Waals surface area contributed by atoms with Gasteiger partial charge in [-0.25, -0.2) is 0 Å². The highest BCUT2D eigenvalue weighted by molar-refractivity contribution is 6.15. The molecule has 0 heterocycles. The topological polar surface area (TPSA) is 50.8 Å². The van der Waals surface area contributed by atoms with E-state index in [9.17, 15) is 10.5 Å². The van der Waals surface area contributed by atoms with Crippen molar-refractivity contribution in [2.75, 3.05) is 4.90 Å². The van der Waals surface area contributed by atoms with E-state index >= 15 is 0 Å². The largest absolute Gasteiger partial charge is 0.310 e. The highest BCUT2D eigenvalue weighted by Crippen LogP contribution is 2.50. The summed E-state index contributed by atoms with van der Waals surface area (Å²) in [5.74, 6) is 0. The Hall–Kier alpha value is -6.94. The van der Waals surface area contributed by atoms with Crippen LogP contribution in [0.2, 0.25) is 0 Å². The molecule has 0 bridgehead atoms. The lowest BCUT2D eigenvalue weighted by Crippen LogP contribution is -2.15. The van der Waals surface area contributed by atoms with Gasteiger partial charge < -0.3 is 4.90 Å². The minimum absolute atomic E-state index is 0.0308. The van der Waals surface area contributed by atoms with Crippen LogP contribution in [-0.2, 0) is 5.41 Å². The van der Waals surface area contributed by atoms with Gasteiger partial charge in [0.15, 0.2) is 0 Å². The van der Waals surface area contributed by atoms with Crippen molar-refractivity contribution >= 4 is 61.5 Å². The van der Waals surface area contributed by atoms with E-state index in [1.807, 2.05) is 48.5 Å². The summed E-state index contributed by atoms with van der Waals surface area (Å²) < 4.78 is 0. The van der Waals surface area contributed by atoms with E-state index in [0.717, 1.165) is 39.0 Å². The zero-order valence-electron chi connectivity index (χ0n) is 28.9. The van der Waals surface area contributed by atoms with Crippen LogP contribution in [0.1, 0.15) is 47.2 Å². The monoisotopic (exact) mass is 663 g/mol. The second-order valence-electron chi connectivity index (χ2n) is 14.1. The average Bonchev–Trinajstić information content (AvgIpc) is 3.43. The number of nitrogens with zero attached hydrogens (tertiary/aromatic N) is 3. The minimum atomic E-state index is -0.0308. The summed E-state index contributed by atoms with van der Waals surface area (Å²) in [5, 5.41) is 26.4. The van der Waals surface area contributed by atoms with E-state index < -0.39 is 0 Å². The summed E-state index contributed by atoms with van der Waals surface area (Å²) in [7, 11) is 0. The minimum Gasteiger partial charge on any atom is -0.310 e. The predicted octanol–water partition coefficient (Wildman–Crippen LogP) is 12.8. The molecule has 0 amide bonds. The zero-order valence-corrected chi connectivity index (χ0v) is 28.9. The molecule has 0 fully saturated rings. The number of hydrogen-bond donors (Lipinski definition) is 0. The number of rotatable bonds is 6. The van der Waals surface area contributed by atoms with Gasteiger partial charge in [-0.1, -0.05) is 98.8 Å². The average molecular weight is 664 g/mol. The fourth-order valence-corrected chi connectivity index (χ4v) is 7.86.